The molecule has 1 nitrogen and oxygen atoms in total. The van der Waals surface area contributed by atoms with Crippen LogP contribution in [0.5, 0.6) is 0 Å². The van der Waals surface area contributed by atoms with Crippen LogP contribution in [0.25, 0.3) is 38.5 Å². The van der Waals surface area contributed by atoms with E-state index in [0.717, 1.165) is 5.36 Å². The van der Waals surface area contributed by atoms with Crippen LogP contribution in [0, 0.1) is 6.92 Å². The van der Waals surface area contributed by atoms with Gasteiger partial charge in [0.1, 0.15) is 0 Å². The summed E-state index contributed by atoms with van der Waals surface area (Å²) >= 11 is 0. The second kappa shape index (κ2) is 3.70. The molecule has 4 aromatic rings. The van der Waals surface area contributed by atoms with E-state index in [-0.39, 0.29) is 0 Å². The van der Waals surface area contributed by atoms with Crippen LogP contribution >= 0.6 is 0 Å². The summed E-state index contributed by atoms with van der Waals surface area (Å²) in [6.07, 6.45) is 1.97. The average molecular weight is 267 g/mol. The molecule has 0 amide bonds. The summed E-state index contributed by atoms with van der Waals surface area (Å²) in [5, 5.41) is 10.3. The average Bonchev–Trinajstić information content (AvgIpc) is 2.45. The molecule has 1 heterocycles. The van der Waals surface area contributed by atoms with Crippen molar-refractivity contribution in [2.75, 3.05) is 0 Å². The smallest absolute Gasteiger partial charge is 0.0724 e. The second-order valence-corrected chi connectivity index (χ2v) is 5.84. The molecule has 0 unspecified atom stereocenters. The van der Waals surface area contributed by atoms with E-state index in [1.807, 2.05) is 6.20 Å². The minimum atomic E-state index is 1.11. The van der Waals surface area contributed by atoms with Crippen LogP contribution < -0.4 is 10.6 Å². The standard InChI is InChI=1S/C20H13N/c1-12-2-3-13-10-18-14(9-15(13)8-12)4-5-17-16(18)6-7-20-19(17)11-21-20/h2-11H,1H3. The van der Waals surface area contributed by atoms with Gasteiger partial charge >= 0.3 is 0 Å². The van der Waals surface area contributed by atoms with Gasteiger partial charge in [-0.05, 0) is 57.4 Å². The molecule has 1 aliphatic rings. The number of aryl methyl sites for hydroxylation is 1. The topological polar surface area (TPSA) is 12.4 Å². The summed E-state index contributed by atoms with van der Waals surface area (Å²) in [7, 11) is 0. The van der Waals surface area contributed by atoms with Gasteiger partial charge < -0.3 is 0 Å². The van der Waals surface area contributed by atoms with Gasteiger partial charge in [-0.15, -0.1) is 0 Å². The molecule has 4 aromatic carbocycles. The minimum Gasteiger partial charge on any atom is -0.255 e. The predicted octanol–water partition coefficient (Wildman–Crippen LogP) is 3.83. The van der Waals surface area contributed by atoms with Crippen molar-refractivity contribution in [3.63, 3.8) is 0 Å². The summed E-state index contributed by atoms with van der Waals surface area (Å²) in [5.41, 5.74) is 1.31. The molecule has 0 fully saturated rings. The van der Waals surface area contributed by atoms with Crippen LogP contribution in [0.15, 0.2) is 59.6 Å². The molecule has 0 radical (unpaired) electrons. The first-order valence-electron chi connectivity index (χ1n) is 7.23. The molecular weight excluding hydrogens is 254 g/mol. The van der Waals surface area contributed by atoms with E-state index in [2.05, 4.69) is 66.5 Å². The van der Waals surface area contributed by atoms with E-state index in [4.69, 9.17) is 0 Å². The van der Waals surface area contributed by atoms with Crippen molar-refractivity contribution in [2.24, 2.45) is 4.99 Å². The zero-order valence-corrected chi connectivity index (χ0v) is 11.7. The third-order valence-electron chi connectivity index (χ3n) is 4.48. The molecule has 0 saturated carbocycles. The van der Waals surface area contributed by atoms with Gasteiger partial charge in [-0.3, -0.25) is 4.99 Å². The Kier molecular flexibility index (Phi) is 1.95. The molecular formula is C20H13N. The van der Waals surface area contributed by atoms with E-state index in [1.165, 1.54) is 43.1 Å². The van der Waals surface area contributed by atoms with E-state index >= 15 is 0 Å². The quantitative estimate of drug-likeness (QED) is 0.339. The number of nitrogens with zero attached hydrogens (tertiary/aromatic N) is 1. The Balaban J connectivity index is 2.02. The van der Waals surface area contributed by atoms with E-state index in [9.17, 15) is 0 Å². The summed E-state index contributed by atoms with van der Waals surface area (Å²) in [5.74, 6) is 0. The molecule has 5 rings (SSSR count). The van der Waals surface area contributed by atoms with E-state index < -0.39 is 0 Å². The third kappa shape index (κ3) is 1.43. The van der Waals surface area contributed by atoms with Crippen molar-refractivity contribution in [3.8, 4) is 0 Å². The highest BCUT2D eigenvalue weighted by molar-refractivity contribution is 6.12. The Morgan fingerprint density at radius 1 is 0.667 bits per heavy atom. The number of hydrogen-bond acceptors (Lipinski definition) is 1. The number of rotatable bonds is 0. The van der Waals surface area contributed by atoms with Crippen LogP contribution in [0.1, 0.15) is 5.56 Å². The van der Waals surface area contributed by atoms with E-state index in [1.54, 1.807) is 0 Å². The Hall–Kier alpha value is -2.67. The second-order valence-electron chi connectivity index (χ2n) is 5.84. The molecule has 1 aliphatic heterocycles. The zero-order chi connectivity index (χ0) is 14.0. The molecule has 0 atom stereocenters. The maximum atomic E-state index is 4.30. The molecule has 0 bridgehead atoms. The van der Waals surface area contributed by atoms with Crippen molar-refractivity contribution in [1.29, 1.82) is 0 Å². The van der Waals surface area contributed by atoms with Gasteiger partial charge in [0.25, 0.3) is 0 Å². The van der Waals surface area contributed by atoms with E-state index in [0.29, 0.717) is 0 Å². The highest BCUT2D eigenvalue weighted by Crippen LogP contribution is 2.28. The maximum absolute atomic E-state index is 4.30. The van der Waals surface area contributed by atoms with Gasteiger partial charge in [0.2, 0.25) is 0 Å². The fourth-order valence-corrected chi connectivity index (χ4v) is 3.33. The molecule has 1 heteroatoms. The van der Waals surface area contributed by atoms with Crippen molar-refractivity contribution in [3.05, 3.63) is 70.7 Å². The molecule has 0 N–H and O–H groups in total. The van der Waals surface area contributed by atoms with Gasteiger partial charge in [0, 0.05) is 11.4 Å². The van der Waals surface area contributed by atoms with Gasteiger partial charge in [-0.25, -0.2) is 0 Å². The maximum Gasteiger partial charge on any atom is 0.0724 e. The Labute approximate surface area is 121 Å². The lowest BCUT2D eigenvalue weighted by atomic mass is 9.96. The molecule has 98 valence electrons. The predicted molar refractivity (Wildman–Crippen MR) is 88.9 cm³/mol. The van der Waals surface area contributed by atoms with Crippen LogP contribution in [0.2, 0.25) is 0 Å². The summed E-state index contributed by atoms with van der Waals surface area (Å²) in [6.45, 7) is 2.14. The number of hydrogen-bond donors (Lipinski definition) is 0. The Morgan fingerprint density at radius 2 is 1.52 bits per heavy atom. The highest BCUT2D eigenvalue weighted by atomic mass is 14.7. The van der Waals surface area contributed by atoms with Crippen LogP contribution in [-0.2, 0) is 0 Å². The Morgan fingerprint density at radius 3 is 2.38 bits per heavy atom. The summed E-state index contributed by atoms with van der Waals surface area (Å²) < 4.78 is 0. The van der Waals surface area contributed by atoms with Crippen LogP contribution in [0.3, 0.4) is 0 Å². The lowest BCUT2D eigenvalue weighted by Gasteiger charge is -2.09. The monoisotopic (exact) mass is 267 g/mol. The fourth-order valence-electron chi connectivity index (χ4n) is 3.33. The molecule has 0 spiro atoms. The largest absolute Gasteiger partial charge is 0.255 e. The molecule has 0 saturated heterocycles. The third-order valence-corrected chi connectivity index (χ3v) is 4.48. The molecule has 21 heavy (non-hydrogen) atoms. The van der Waals surface area contributed by atoms with Gasteiger partial charge in [0.05, 0.1) is 5.36 Å². The summed E-state index contributed by atoms with van der Waals surface area (Å²) in [6, 6.07) is 20.0. The summed E-state index contributed by atoms with van der Waals surface area (Å²) in [4.78, 5) is 4.30. The molecule has 0 aliphatic carbocycles. The van der Waals surface area contributed by atoms with Crippen LogP contribution in [-0.4, -0.2) is 0 Å². The first-order valence-corrected chi connectivity index (χ1v) is 7.23. The fraction of sp³-hybridized carbons (Fsp3) is 0.0500. The lowest BCUT2D eigenvalue weighted by molar-refractivity contribution is 1.30. The highest BCUT2D eigenvalue weighted by Gasteiger charge is 2.07. The van der Waals surface area contributed by atoms with Gasteiger partial charge in [0.15, 0.2) is 0 Å². The van der Waals surface area contributed by atoms with Crippen molar-refractivity contribution < 1.29 is 0 Å². The minimum absolute atomic E-state index is 1.11. The van der Waals surface area contributed by atoms with Crippen molar-refractivity contribution in [1.82, 2.24) is 0 Å². The number of fused-ring (bicyclic) bond motifs is 6. The van der Waals surface area contributed by atoms with Crippen molar-refractivity contribution >= 4 is 38.5 Å². The normalized spacial score (nSPS) is 12.8. The Bertz CT molecular complexity index is 1180. The first kappa shape index (κ1) is 11.0. The zero-order valence-electron chi connectivity index (χ0n) is 11.7. The first-order chi connectivity index (χ1) is 10.3. The van der Waals surface area contributed by atoms with Crippen molar-refractivity contribution in [2.45, 2.75) is 6.92 Å². The lowest BCUT2D eigenvalue weighted by Crippen LogP contribution is -2.31. The number of benzene rings is 4. The molecule has 0 aromatic heterocycles. The van der Waals surface area contributed by atoms with Gasteiger partial charge in [-0.2, -0.15) is 0 Å². The SMILES string of the molecule is Cc1ccc2cc3c(ccc4c5c(ccc43)=NC=5)cc2c1. The van der Waals surface area contributed by atoms with Crippen LogP contribution in [0.4, 0.5) is 0 Å². The van der Waals surface area contributed by atoms with Gasteiger partial charge in [-0.1, -0.05) is 42.0 Å².